The van der Waals surface area contributed by atoms with Crippen LogP contribution in [0.2, 0.25) is 10.0 Å². The number of amides is 1. The second kappa shape index (κ2) is 10.8. The molecule has 0 aromatic heterocycles. The molecule has 12 heteroatoms. The van der Waals surface area contributed by atoms with E-state index in [0.29, 0.717) is 29.4 Å². The van der Waals surface area contributed by atoms with Crippen LogP contribution in [0.4, 0.5) is 18.9 Å². The number of carbonyl (C=O) groups excluding carboxylic acids is 1. The molecule has 196 valence electrons. The number of ether oxygens (including phenoxy) is 1. The van der Waals surface area contributed by atoms with Crippen molar-refractivity contribution in [1.82, 2.24) is 4.90 Å². The van der Waals surface area contributed by atoms with E-state index >= 15 is 0 Å². The van der Waals surface area contributed by atoms with Gasteiger partial charge >= 0.3 is 6.18 Å². The van der Waals surface area contributed by atoms with Crippen molar-refractivity contribution in [3.8, 4) is 11.5 Å². The highest BCUT2D eigenvalue weighted by Crippen LogP contribution is 2.35. The molecule has 0 saturated carbocycles. The van der Waals surface area contributed by atoms with Crippen molar-refractivity contribution >= 4 is 44.8 Å². The Labute approximate surface area is 222 Å². The minimum Gasteiger partial charge on any atom is -0.456 e. The molecule has 0 aliphatic carbocycles. The molecule has 0 bridgehead atoms. The molecule has 1 aliphatic rings. The van der Waals surface area contributed by atoms with Crippen molar-refractivity contribution in [2.45, 2.75) is 36.4 Å². The molecule has 0 radical (unpaired) electrons. The molecule has 37 heavy (non-hydrogen) atoms. The lowest BCUT2D eigenvalue weighted by molar-refractivity contribution is -0.183. The van der Waals surface area contributed by atoms with Gasteiger partial charge in [-0.25, -0.2) is 8.42 Å². The Kier molecular flexibility index (Phi) is 7.91. The molecule has 6 nitrogen and oxygen atoms in total. The lowest BCUT2D eigenvalue weighted by Crippen LogP contribution is -2.51. The molecule has 1 fully saturated rings. The number of sulfonamides is 1. The Balaban J connectivity index is 1.58. The zero-order chi connectivity index (χ0) is 26.8. The topological polar surface area (TPSA) is 75.7 Å². The van der Waals surface area contributed by atoms with Gasteiger partial charge in [-0.2, -0.15) is 13.2 Å². The molecule has 1 heterocycles. The first-order chi connectivity index (χ1) is 17.5. The largest absolute Gasteiger partial charge is 0.456 e. The van der Waals surface area contributed by atoms with Crippen LogP contribution >= 0.6 is 23.2 Å². The third-order valence-corrected chi connectivity index (χ3v) is 7.73. The average molecular weight is 573 g/mol. The summed E-state index contributed by atoms with van der Waals surface area (Å²) in [7, 11) is -4.22. The van der Waals surface area contributed by atoms with Crippen molar-refractivity contribution in [2.75, 3.05) is 11.3 Å². The van der Waals surface area contributed by atoms with Crippen molar-refractivity contribution in [2.24, 2.45) is 0 Å². The van der Waals surface area contributed by atoms with Crippen molar-refractivity contribution in [1.29, 1.82) is 0 Å². The smallest absolute Gasteiger partial charge is 0.408 e. The number of hydrogen-bond acceptors (Lipinski definition) is 4. The molecule has 1 aliphatic heterocycles. The lowest BCUT2D eigenvalue weighted by atomic mass is 10.00. The first-order valence-electron chi connectivity index (χ1n) is 11.2. The normalized spacial score (nSPS) is 16.4. The highest BCUT2D eigenvalue weighted by molar-refractivity contribution is 7.92. The van der Waals surface area contributed by atoms with Crippen LogP contribution in [0.5, 0.6) is 11.5 Å². The number of nitrogens with zero attached hydrogens (tertiary/aromatic N) is 1. The van der Waals surface area contributed by atoms with Crippen LogP contribution in [-0.2, 0) is 10.0 Å². The van der Waals surface area contributed by atoms with Crippen LogP contribution in [0, 0.1) is 0 Å². The molecule has 3 aromatic carbocycles. The number of nitrogens with one attached hydrogen (secondary N) is 1. The van der Waals surface area contributed by atoms with Crippen molar-refractivity contribution < 1.29 is 31.1 Å². The van der Waals surface area contributed by atoms with E-state index < -0.39 is 28.1 Å². The predicted octanol–water partition coefficient (Wildman–Crippen LogP) is 7.14. The van der Waals surface area contributed by atoms with Crippen LogP contribution in [0.25, 0.3) is 0 Å². The summed E-state index contributed by atoms with van der Waals surface area (Å²) in [4.78, 5) is 13.8. The fourth-order valence-electron chi connectivity index (χ4n) is 4.00. The number of rotatable bonds is 6. The Morgan fingerprint density at radius 1 is 1.00 bits per heavy atom. The molecule has 1 amide bonds. The SMILES string of the molecule is O=C(c1cc(Cl)ccc1NS(=O)(=O)c1ccc(Oc2ccccc2Cl)cc1)N1CCCC[C@H]1C(F)(F)F. The molecule has 1 saturated heterocycles. The number of carbonyl (C=O) groups is 1. The van der Waals surface area contributed by atoms with E-state index in [2.05, 4.69) is 4.72 Å². The maximum atomic E-state index is 13.6. The molecule has 3 aromatic rings. The minimum absolute atomic E-state index is 0.0768. The summed E-state index contributed by atoms with van der Waals surface area (Å²) >= 11 is 12.1. The quantitative estimate of drug-likeness (QED) is 0.340. The van der Waals surface area contributed by atoms with E-state index in [0.717, 1.165) is 11.0 Å². The molecule has 1 atom stereocenters. The van der Waals surface area contributed by atoms with Crippen LogP contribution in [0.1, 0.15) is 29.6 Å². The zero-order valence-electron chi connectivity index (χ0n) is 19.1. The number of likely N-dealkylation sites (tertiary alicyclic amines) is 1. The molecular formula is C25H21Cl2F3N2O4S. The van der Waals surface area contributed by atoms with Gasteiger partial charge < -0.3 is 9.64 Å². The van der Waals surface area contributed by atoms with E-state index in [9.17, 15) is 26.4 Å². The van der Waals surface area contributed by atoms with E-state index in [-0.39, 0.29) is 34.1 Å². The van der Waals surface area contributed by atoms with E-state index in [1.54, 1.807) is 24.3 Å². The summed E-state index contributed by atoms with van der Waals surface area (Å²) in [5.74, 6) is -0.236. The van der Waals surface area contributed by atoms with Gasteiger partial charge in [-0.15, -0.1) is 0 Å². The Morgan fingerprint density at radius 3 is 2.38 bits per heavy atom. The zero-order valence-corrected chi connectivity index (χ0v) is 21.5. The third kappa shape index (κ3) is 6.31. The van der Waals surface area contributed by atoms with Gasteiger partial charge in [0.2, 0.25) is 0 Å². The average Bonchev–Trinajstić information content (AvgIpc) is 2.86. The summed E-state index contributed by atoms with van der Waals surface area (Å²) in [6.07, 6.45) is -4.09. The number of anilines is 1. The predicted molar refractivity (Wildman–Crippen MR) is 135 cm³/mol. The standard InChI is InChI=1S/C25H21Cl2F3N2O4S/c26-16-8-13-21(19(15-16)24(33)32-14-4-3-7-23(32)25(28,29)30)31-37(34,35)18-11-9-17(10-12-18)36-22-6-2-1-5-20(22)27/h1-2,5-6,8-13,15,23,31H,3-4,7,14H2/t23-/m0/s1. The van der Waals surface area contributed by atoms with Crippen LogP contribution in [0.3, 0.4) is 0 Å². The van der Waals surface area contributed by atoms with E-state index in [4.69, 9.17) is 27.9 Å². The maximum Gasteiger partial charge on any atom is 0.408 e. The Bertz CT molecular complexity index is 1400. The number of piperidine rings is 1. The Hall–Kier alpha value is -2.95. The second-order valence-electron chi connectivity index (χ2n) is 8.35. The molecular weight excluding hydrogens is 552 g/mol. The second-order valence-corrected chi connectivity index (χ2v) is 10.9. The van der Waals surface area contributed by atoms with Gasteiger partial charge in [0.15, 0.2) is 0 Å². The van der Waals surface area contributed by atoms with Gasteiger partial charge in [-0.3, -0.25) is 9.52 Å². The number of benzene rings is 3. The third-order valence-electron chi connectivity index (χ3n) is 5.80. The summed E-state index contributed by atoms with van der Waals surface area (Å²) < 4.78 is 74.9. The number of halogens is 5. The van der Waals surface area contributed by atoms with Gasteiger partial charge in [0.25, 0.3) is 15.9 Å². The van der Waals surface area contributed by atoms with Crippen LogP contribution in [-0.4, -0.2) is 38.0 Å². The van der Waals surface area contributed by atoms with Gasteiger partial charge in [0.05, 0.1) is 21.2 Å². The number of para-hydroxylation sites is 1. The van der Waals surface area contributed by atoms with Crippen LogP contribution in [0.15, 0.2) is 71.6 Å². The summed E-state index contributed by atoms with van der Waals surface area (Å²) in [6.45, 7) is -0.103. The summed E-state index contributed by atoms with van der Waals surface area (Å²) in [6, 6.07) is 14.0. The minimum atomic E-state index is -4.61. The highest BCUT2D eigenvalue weighted by Gasteiger charge is 2.46. The monoisotopic (exact) mass is 572 g/mol. The fraction of sp³-hybridized carbons (Fsp3) is 0.240. The molecule has 1 N–H and O–H groups in total. The number of alkyl halides is 3. The summed E-state index contributed by atoms with van der Waals surface area (Å²) in [5.41, 5.74) is -0.455. The van der Waals surface area contributed by atoms with Gasteiger partial charge in [-0.05, 0) is 73.9 Å². The van der Waals surface area contributed by atoms with Crippen molar-refractivity contribution in [3.63, 3.8) is 0 Å². The van der Waals surface area contributed by atoms with Gasteiger partial charge in [-0.1, -0.05) is 35.3 Å². The van der Waals surface area contributed by atoms with E-state index in [1.807, 2.05) is 0 Å². The lowest BCUT2D eigenvalue weighted by Gasteiger charge is -2.37. The maximum absolute atomic E-state index is 13.6. The van der Waals surface area contributed by atoms with Gasteiger partial charge in [0.1, 0.15) is 17.5 Å². The van der Waals surface area contributed by atoms with Gasteiger partial charge in [0, 0.05) is 11.6 Å². The molecule has 0 spiro atoms. The summed E-state index contributed by atoms with van der Waals surface area (Å²) in [5, 5.41) is 0.454. The highest BCUT2D eigenvalue weighted by atomic mass is 35.5. The number of hydrogen-bond donors (Lipinski definition) is 1. The Morgan fingerprint density at radius 2 is 1.70 bits per heavy atom. The molecule has 0 unspecified atom stereocenters. The van der Waals surface area contributed by atoms with E-state index in [1.165, 1.54) is 36.4 Å². The van der Waals surface area contributed by atoms with Crippen LogP contribution < -0.4 is 9.46 Å². The first kappa shape index (κ1) is 27.1. The first-order valence-corrected chi connectivity index (χ1v) is 13.4. The fourth-order valence-corrected chi connectivity index (χ4v) is 5.42. The molecule has 4 rings (SSSR count). The van der Waals surface area contributed by atoms with Crippen molar-refractivity contribution in [3.05, 3.63) is 82.3 Å².